The van der Waals surface area contributed by atoms with Crippen LogP contribution in [0, 0.1) is 5.92 Å². The number of guanidine groups is 1. The Morgan fingerprint density at radius 1 is 1.33 bits per heavy atom. The summed E-state index contributed by atoms with van der Waals surface area (Å²) in [6.07, 6.45) is 2.05. The monoisotopic (exact) mass is 447 g/mol. The van der Waals surface area contributed by atoms with Crippen LogP contribution in [0.3, 0.4) is 0 Å². The molecule has 0 aromatic heterocycles. The summed E-state index contributed by atoms with van der Waals surface area (Å²) >= 11 is 0. The molecule has 0 saturated carbocycles. The van der Waals surface area contributed by atoms with Gasteiger partial charge in [0.2, 0.25) is 6.79 Å². The molecule has 6 nitrogen and oxygen atoms in total. The molecule has 0 amide bonds. The average Bonchev–Trinajstić information content (AvgIpc) is 3.22. The molecule has 24 heavy (non-hydrogen) atoms. The van der Waals surface area contributed by atoms with Crippen LogP contribution in [-0.4, -0.2) is 58.1 Å². The molecule has 7 heteroatoms. The summed E-state index contributed by atoms with van der Waals surface area (Å²) in [5, 5.41) is 3.42. The number of rotatable bonds is 5. The summed E-state index contributed by atoms with van der Waals surface area (Å²) < 4.78 is 16.2. The lowest BCUT2D eigenvalue weighted by molar-refractivity contribution is 0.174. The highest BCUT2D eigenvalue weighted by Crippen LogP contribution is 2.32. The van der Waals surface area contributed by atoms with E-state index in [4.69, 9.17) is 14.2 Å². The van der Waals surface area contributed by atoms with E-state index in [9.17, 15) is 0 Å². The second kappa shape index (κ2) is 9.31. The van der Waals surface area contributed by atoms with Gasteiger partial charge in [0.1, 0.15) is 0 Å². The molecule has 0 spiro atoms. The van der Waals surface area contributed by atoms with E-state index in [0.717, 1.165) is 56.6 Å². The van der Waals surface area contributed by atoms with E-state index in [1.54, 1.807) is 0 Å². The van der Waals surface area contributed by atoms with Gasteiger partial charge < -0.3 is 24.4 Å². The Labute approximate surface area is 160 Å². The second-order valence-electron chi connectivity index (χ2n) is 6.02. The highest BCUT2D eigenvalue weighted by atomic mass is 127. The summed E-state index contributed by atoms with van der Waals surface area (Å²) in [5.74, 6) is 3.20. The summed E-state index contributed by atoms with van der Waals surface area (Å²) in [6, 6.07) is 6.10. The van der Waals surface area contributed by atoms with Gasteiger partial charge in [0.25, 0.3) is 0 Å². The van der Waals surface area contributed by atoms with Crippen molar-refractivity contribution in [1.29, 1.82) is 0 Å². The van der Waals surface area contributed by atoms with Crippen LogP contribution in [0.1, 0.15) is 12.0 Å². The van der Waals surface area contributed by atoms with Crippen molar-refractivity contribution < 1.29 is 14.2 Å². The number of nitrogens with one attached hydrogen (secondary N) is 1. The third-order valence-electron chi connectivity index (χ3n) is 4.26. The van der Waals surface area contributed by atoms with Gasteiger partial charge in [0, 0.05) is 39.7 Å². The summed E-state index contributed by atoms with van der Waals surface area (Å²) in [6.45, 7) is 3.87. The Balaban J connectivity index is 0.00000208. The average molecular weight is 447 g/mol. The minimum Gasteiger partial charge on any atom is -0.454 e. The summed E-state index contributed by atoms with van der Waals surface area (Å²) in [7, 11) is 3.90. The molecular weight excluding hydrogens is 421 g/mol. The minimum absolute atomic E-state index is 0. The summed E-state index contributed by atoms with van der Waals surface area (Å²) in [4.78, 5) is 6.54. The van der Waals surface area contributed by atoms with E-state index in [2.05, 4.69) is 28.3 Å². The Hall–Kier alpha value is -1.22. The van der Waals surface area contributed by atoms with E-state index in [0.29, 0.717) is 12.7 Å². The molecule has 1 atom stereocenters. The lowest BCUT2D eigenvalue weighted by atomic mass is 10.1. The van der Waals surface area contributed by atoms with Gasteiger partial charge in [0.15, 0.2) is 17.5 Å². The van der Waals surface area contributed by atoms with Gasteiger partial charge in [-0.25, -0.2) is 0 Å². The quantitative estimate of drug-likeness (QED) is 0.426. The van der Waals surface area contributed by atoms with Crippen molar-refractivity contribution in [2.24, 2.45) is 10.9 Å². The predicted molar refractivity (Wildman–Crippen MR) is 105 cm³/mol. The Morgan fingerprint density at radius 3 is 2.92 bits per heavy atom. The first-order chi connectivity index (χ1) is 11.3. The van der Waals surface area contributed by atoms with E-state index in [1.807, 2.05) is 19.2 Å². The molecule has 1 saturated heterocycles. The molecule has 0 bridgehead atoms. The van der Waals surface area contributed by atoms with E-state index >= 15 is 0 Å². The van der Waals surface area contributed by atoms with Crippen LogP contribution in [0.5, 0.6) is 11.5 Å². The second-order valence-corrected chi connectivity index (χ2v) is 6.02. The first-order valence-corrected chi connectivity index (χ1v) is 8.14. The molecule has 1 aromatic rings. The van der Waals surface area contributed by atoms with Crippen molar-refractivity contribution in [2.75, 3.05) is 47.2 Å². The van der Waals surface area contributed by atoms with Crippen molar-refractivity contribution >= 4 is 29.9 Å². The fraction of sp³-hybridized carbons (Fsp3) is 0.588. The van der Waals surface area contributed by atoms with Crippen molar-refractivity contribution in [1.82, 2.24) is 10.2 Å². The fourth-order valence-corrected chi connectivity index (χ4v) is 3.00. The van der Waals surface area contributed by atoms with Crippen LogP contribution in [0.15, 0.2) is 23.2 Å². The predicted octanol–water partition coefficient (Wildman–Crippen LogP) is 2.12. The van der Waals surface area contributed by atoms with Gasteiger partial charge in [-0.3, -0.25) is 4.99 Å². The molecule has 2 aliphatic heterocycles. The van der Waals surface area contributed by atoms with Crippen LogP contribution in [-0.2, 0) is 11.2 Å². The molecule has 134 valence electrons. The van der Waals surface area contributed by atoms with E-state index in [1.165, 1.54) is 5.56 Å². The smallest absolute Gasteiger partial charge is 0.231 e. The van der Waals surface area contributed by atoms with Crippen LogP contribution in [0.2, 0.25) is 0 Å². The molecule has 1 aromatic carbocycles. The minimum atomic E-state index is 0. The maximum Gasteiger partial charge on any atom is 0.231 e. The number of benzene rings is 1. The zero-order chi connectivity index (χ0) is 16.1. The van der Waals surface area contributed by atoms with Gasteiger partial charge in [0.05, 0.1) is 6.61 Å². The highest BCUT2D eigenvalue weighted by Gasteiger charge is 2.19. The van der Waals surface area contributed by atoms with Gasteiger partial charge in [-0.05, 0) is 30.5 Å². The SMILES string of the molecule is CN=C(NCCc1ccc2c(c1)OCO2)N(C)CC1CCOC1.I. The highest BCUT2D eigenvalue weighted by molar-refractivity contribution is 14.0. The van der Waals surface area contributed by atoms with Crippen molar-refractivity contribution in [3.05, 3.63) is 23.8 Å². The molecule has 0 aliphatic carbocycles. The largest absolute Gasteiger partial charge is 0.454 e. The third-order valence-corrected chi connectivity index (χ3v) is 4.26. The molecule has 1 fully saturated rings. The van der Waals surface area contributed by atoms with Crippen LogP contribution in [0.25, 0.3) is 0 Å². The molecule has 1 N–H and O–H groups in total. The number of nitrogens with zero attached hydrogens (tertiary/aromatic N) is 2. The zero-order valence-corrected chi connectivity index (χ0v) is 16.6. The molecule has 2 aliphatic rings. The fourth-order valence-electron chi connectivity index (χ4n) is 3.00. The first-order valence-electron chi connectivity index (χ1n) is 8.14. The van der Waals surface area contributed by atoms with Gasteiger partial charge in [-0.2, -0.15) is 0 Å². The number of hydrogen-bond donors (Lipinski definition) is 1. The van der Waals surface area contributed by atoms with Crippen LogP contribution < -0.4 is 14.8 Å². The van der Waals surface area contributed by atoms with Crippen molar-refractivity contribution in [3.63, 3.8) is 0 Å². The Bertz CT molecular complexity index is 562. The van der Waals surface area contributed by atoms with Gasteiger partial charge in [-0.15, -0.1) is 24.0 Å². The normalized spacial score (nSPS) is 19.1. The Morgan fingerprint density at radius 2 is 2.17 bits per heavy atom. The first kappa shape index (κ1) is 19.1. The molecule has 3 rings (SSSR count). The molecular formula is C17H26IN3O3. The van der Waals surface area contributed by atoms with Crippen LogP contribution >= 0.6 is 24.0 Å². The third kappa shape index (κ3) is 4.89. The number of hydrogen-bond acceptors (Lipinski definition) is 4. The van der Waals surface area contributed by atoms with E-state index < -0.39 is 0 Å². The number of aliphatic imine (C=N–C) groups is 1. The van der Waals surface area contributed by atoms with Crippen molar-refractivity contribution in [3.8, 4) is 11.5 Å². The number of ether oxygens (including phenoxy) is 3. The maximum atomic E-state index is 5.44. The van der Waals surface area contributed by atoms with Crippen molar-refractivity contribution in [2.45, 2.75) is 12.8 Å². The standard InChI is InChI=1S/C17H25N3O3.HI/c1-18-17(20(2)10-14-6-8-21-11-14)19-7-5-13-3-4-15-16(9-13)23-12-22-15;/h3-4,9,14H,5-8,10-12H2,1-2H3,(H,18,19);1H. The summed E-state index contributed by atoms with van der Waals surface area (Å²) in [5.41, 5.74) is 1.23. The number of halogens is 1. The lowest BCUT2D eigenvalue weighted by Gasteiger charge is -2.24. The lowest BCUT2D eigenvalue weighted by Crippen LogP contribution is -2.42. The van der Waals surface area contributed by atoms with Gasteiger partial charge in [-0.1, -0.05) is 6.07 Å². The zero-order valence-electron chi connectivity index (χ0n) is 14.3. The molecule has 1 unspecified atom stereocenters. The molecule has 0 radical (unpaired) electrons. The molecule has 2 heterocycles. The Kier molecular flexibility index (Phi) is 7.41. The van der Waals surface area contributed by atoms with Crippen LogP contribution in [0.4, 0.5) is 0 Å². The maximum absolute atomic E-state index is 5.44. The van der Waals surface area contributed by atoms with E-state index in [-0.39, 0.29) is 24.0 Å². The topological polar surface area (TPSA) is 55.3 Å². The number of fused-ring (bicyclic) bond motifs is 1. The van der Waals surface area contributed by atoms with Gasteiger partial charge >= 0.3 is 0 Å².